The molecule has 3 heteroatoms. The molecule has 0 fully saturated rings. The van der Waals surface area contributed by atoms with Crippen molar-refractivity contribution in [2.24, 2.45) is 0 Å². The van der Waals surface area contributed by atoms with Crippen LogP contribution in [0, 0.1) is 0 Å². The fourth-order valence-corrected chi connectivity index (χ4v) is 0. The maximum absolute atomic E-state index is 2.12. The molecule has 0 heterocycles. The van der Waals surface area contributed by atoms with E-state index in [1.165, 1.54) is 6.32 Å². The second-order valence-electron chi connectivity index (χ2n) is 0.707. The molecule has 5 heavy (non-hydrogen) atoms. The molecular weight excluding hydrogens is 72.8 g/mol. The lowest BCUT2D eigenvalue weighted by Gasteiger charge is -1.45. The number of rotatable bonds is 0. The zero-order valence-corrected chi connectivity index (χ0v) is 3.52. The van der Waals surface area contributed by atoms with E-state index >= 15 is 0 Å². The summed E-state index contributed by atoms with van der Waals surface area (Å²) >= 11 is 0. The van der Waals surface area contributed by atoms with Gasteiger partial charge in [-0.2, -0.15) is 0 Å². The standard InChI is InChI=1S/C2H7B.2FH/c1-2-3;;/h2-3H2,1H3;2*1H. The molecule has 0 aromatic carbocycles. The summed E-state index contributed by atoms with van der Waals surface area (Å²) in [6, 6.07) is 0. The van der Waals surface area contributed by atoms with Gasteiger partial charge in [-0.3, -0.25) is 9.41 Å². The van der Waals surface area contributed by atoms with Crippen LogP contribution in [0.4, 0.5) is 9.41 Å². The van der Waals surface area contributed by atoms with Crippen LogP contribution >= 0.6 is 0 Å². The van der Waals surface area contributed by atoms with E-state index in [2.05, 4.69) is 14.8 Å². The van der Waals surface area contributed by atoms with Crippen molar-refractivity contribution in [2.45, 2.75) is 13.2 Å². The largest absolute Gasteiger partial charge is 0.269 e. The second kappa shape index (κ2) is 39.3. The minimum atomic E-state index is 0. The maximum Gasteiger partial charge on any atom is 0.101 e. The fourth-order valence-electron chi connectivity index (χ4n) is 0. The van der Waals surface area contributed by atoms with E-state index in [4.69, 9.17) is 0 Å². The Hall–Kier alpha value is -0.0751. The van der Waals surface area contributed by atoms with Crippen molar-refractivity contribution < 1.29 is 9.41 Å². The predicted molar refractivity (Wildman–Crippen MR) is 24.0 cm³/mol. The molecule has 0 N–H and O–H groups in total. The number of hydrogen-bond acceptors (Lipinski definition) is 0. The molecule has 0 aliphatic rings. The van der Waals surface area contributed by atoms with Gasteiger partial charge in [-0.15, -0.1) is 0 Å². The molecule has 0 nitrogen and oxygen atoms in total. The lowest BCUT2D eigenvalue weighted by molar-refractivity contribution is 1.11. The van der Waals surface area contributed by atoms with Gasteiger partial charge in [-0.1, -0.05) is 13.2 Å². The highest BCUT2D eigenvalue weighted by Crippen LogP contribution is 1.49. The fraction of sp³-hybridized carbons (Fsp3) is 1.00. The number of hydrogen-bond donors (Lipinski definition) is 0. The van der Waals surface area contributed by atoms with Crippen molar-refractivity contribution in [3.8, 4) is 0 Å². The molecule has 0 radical (unpaired) electrons. The van der Waals surface area contributed by atoms with Crippen molar-refractivity contribution in [1.82, 2.24) is 0 Å². The van der Waals surface area contributed by atoms with Gasteiger partial charge in [0, 0.05) is 0 Å². The van der Waals surface area contributed by atoms with Gasteiger partial charge >= 0.3 is 0 Å². The van der Waals surface area contributed by atoms with Crippen molar-refractivity contribution in [2.75, 3.05) is 0 Å². The smallest absolute Gasteiger partial charge is 0.101 e. The molecule has 0 aliphatic carbocycles. The average Bonchev–Trinajstić information content (AvgIpc) is 0.918. The lowest BCUT2D eigenvalue weighted by atomic mass is 10.1. The highest BCUT2D eigenvalue weighted by Gasteiger charge is 1.38. The molecule has 0 aromatic heterocycles. The van der Waals surface area contributed by atoms with Crippen LogP contribution in [0.5, 0.6) is 0 Å². The highest BCUT2D eigenvalue weighted by molar-refractivity contribution is 6.08. The summed E-state index contributed by atoms with van der Waals surface area (Å²) in [5.41, 5.74) is 0. The van der Waals surface area contributed by atoms with Crippen molar-refractivity contribution in [3.05, 3.63) is 0 Å². The Balaban J connectivity index is -0.0000000200. The quantitative estimate of drug-likeness (QED) is 0.370. The van der Waals surface area contributed by atoms with E-state index in [-0.39, 0.29) is 9.41 Å². The van der Waals surface area contributed by atoms with Crippen LogP contribution in [0.25, 0.3) is 0 Å². The molecule has 0 unspecified atom stereocenters. The van der Waals surface area contributed by atoms with Gasteiger partial charge in [-0.05, 0) is 0 Å². The summed E-state index contributed by atoms with van der Waals surface area (Å²) < 4.78 is 0. The summed E-state index contributed by atoms with van der Waals surface area (Å²) in [6.07, 6.45) is 1.25. The zero-order chi connectivity index (χ0) is 2.71. The van der Waals surface area contributed by atoms with Crippen LogP contribution in [0.2, 0.25) is 6.32 Å². The summed E-state index contributed by atoms with van der Waals surface area (Å²) in [5.74, 6) is 0. The molecule has 0 amide bonds. The van der Waals surface area contributed by atoms with Gasteiger partial charge in [0.15, 0.2) is 0 Å². The lowest BCUT2D eigenvalue weighted by Crippen LogP contribution is -1.41. The first kappa shape index (κ1) is 20.5. The number of halogens is 2. The van der Waals surface area contributed by atoms with Crippen LogP contribution in [0.3, 0.4) is 0 Å². The second-order valence-corrected chi connectivity index (χ2v) is 0.707. The zero-order valence-electron chi connectivity index (χ0n) is 3.52. The van der Waals surface area contributed by atoms with Crippen LogP contribution < -0.4 is 0 Å². The van der Waals surface area contributed by atoms with E-state index in [9.17, 15) is 0 Å². The first-order chi connectivity index (χ1) is 1.41. The van der Waals surface area contributed by atoms with Gasteiger partial charge in [0.1, 0.15) is 7.85 Å². The Morgan fingerprint density at radius 1 is 1.40 bits per heavy atom. The molecule has 0 rings (SSSR count). The van der Waals surface area contributed by atoms with Gasteiger partial charge in [0.05, 0.1) is 0 Å². The first-order valence-corrected chi connectivity index (χ1v) is 1.41. The van der Waals surface area contributed by atoms with Gasteiger partial charge < -0.3 is 0 Å². The third-order valence-corrected chi connectivity index (χ3v) is 0. The summed E-state index contributed by atoms with van der Waals surface area (Å²) in [4.78, 5) is 0. The van der Waals surface area contributed by atoms with E-state index < -0.39 is 0 Å². The summed E-state index contributed by atoms with van der Waals surface area (Å²) in [5, 5.41) is 0. The normalized spacial score (nSPS) is 3.40. The van der Waals surface area contributed by atoms with Crippen molar-refractivity contribution in [1.29, 1.82) is 0 Å². The van der Waals surface area contributed by atoms with Crippen molar-refractivity contribution >= 4 is 7.85 Å². The van der Waals surface area contributed by atoms with Crippen LogP contribution in [0.15, 0.2) is 0 Å². The molecule has 34 valence electrons. The Labute approximate surface area is 31.7 Å². The molecule has 0 spiro atoms. The maximum atomic E-state index is 2.12. The Bertz CT molecular complexity index is 7.61. The topological polar surface area (TPSA) is 0 Å². The third-order valence-electron chi connectivity index (χ3n) is 0. The predicted octanol–water partition coefficient (Wildman–Crippen LogP) is 0.363. The Morgan fingerprint density at radius 2 is 1.40 bits per heavy atom. The monoisotopic (exact) mass is 82.1 g/mol. The Morgan fingerprint density at radius 3 is 1.40 bits per heavy atom. The third kappa shape index (κ3) is 2580. The molecule has 0 aromatic rings. The minimum Gasteiger partial charge on any atom is -0.269 e. The van der Waals surface area contributed by atoms with E-state index in [0.717, 1.165) is 0 Å². The van der Waals surface area contributed by atoms with E-state index in [1.807, 2.05) is 0 Å². The van der Waals surface area contributed by atoms with Crippen LogP contribution in [0.1, 0.15) is 6.92 Å². The first-order valence-electron chi connectivity index (χ1n) is 1.41. The molecular formula is C2H9BF2. The summed E-state index contributed by atoms with van der Waals surface area (Å²) in [7, 11) is 2.12. The minimum absolute atomic E-state index is 0. The summed E-state index contributed by atoms with van der Waals surface area (Å²) in [6.45, 7) is 2.12. The molecule has 0 aliphatic heterocycles. The molecule has 0 saturated carbocycles. The SMILES string of the molecule is BCC.F.F. The van der Waals surface area contributed by atoms with Crippen LogP contribution in [-0.2, 0) is 0 Å². The van der Waals surface area contributed by atoms with E-state index in [0.29, 0.717) is 0 Å². The molecule has 0 saturated heterocycles. The van der Waals surface area contributed by atoms with Gasteiger partial charge in [0.25, 0.3) is 0 Å². The van der Waals surface area contributed by atoms with Gasteiger partial charge in [0.2, 0.25) is 0 Å². The molecule has 0 atom stereocenters. The van der Waals surface area contributed by atoms with Crippen LogP contribution in [-0.4, -0.2) is 7.85 Å². The van der Waals surface area contributed by atoms with Gasteiger partial charge in [-0.25, -0.2) is 0 Å². The Kier molecular flexibility index (Phi) is 161. The average molecular weight is 81.9 g/mol. The highest BCUT2D eigenvalue weighted by atomic mass is 19.0. The van der Waals surface area contributed by atoms with Crippen molar-refractivity contribution in [3.63, 3.8) is 0 Å². The molecule has 0 bridgehead atoms. The van der Waals surface area contributed by atoms with E-state index in [1.54, 1.807) is 0 Å².